The number of likely N-dealkylation sites (tertiary alicyclic amines) is 1. The van der Waals surface area contributed by atoms with Crippen molar-refractivity contribution < 1.29 is 9.32 Å². The number of oxazole rings is 1. The molecular formula is C20H20N3O2S+. The zero-order valence-corrected chi connectivity index (χ0v) is 15.2. The van der Waals surface area contributed by atoms with E-state index in [4.69, 9.17) is 9.40 Å². The normalized spacial score (nSPS) is 20.8. The molecule has 4 aromatic rings. The van der Waals surface area contributed by atoms with E-state index < -0.39 is 0 Å². The Kier molecular flexibility index (Phi) is 3.87. The molecule has 0 bridgehead atoms. The van der Waals surface area contributed by atoms with Gasteiger partial charge in [-0.3, -0.25) is 0 Å². The van der Waals surface area contributed by atoms with E-state index in [1.165, 1.54) is 27.4 Å². The highest BCUT2D eigenvalue weighted by molar-refractivity contribution is 7.18. The van der Waals surface area contributed by atoms with Gasteiger partial charge < -0.3 is 9.32 Å². The van der Waals surface area contributed by atoms with Gasteiger partial charge in [0.15, 0.2) is 17.3 Å². The molecule has 0 aliphatic carbocycles. The van der Waals surface area contributed by atoms with E-state index in [1.807, 2.05) is 30.3 Å². The Morgan fingerprint density at radius 2 is 2.00 bits per heavy atom. The van der Waals surface area contributed by atoms with E-state index in [9.17, 15) is 4.79 Å². The van der Waals surface area contributed by atoms with Gasteiger partial charge in [-0.25, -0.2) is 14.3 Å². The lowest BCUT2D eigenvalue weighted by molar-refractivity contribution is -0.958. The van der Waals surface area contributed by atoms with Crippen LogP contribution in [0.3, 0.4) is 0 Å². The molecule has 2 aromatic carbocycles. The highest BCUT2D eigenvalue weighted by Crippen LogP contribution is 2.28. The number of aromatic nitrogens is 2. The number of piperidine rings is 1. The number of thiazole rings is 1. The largest absolute Gasteiger partial charge is 0.424 e. The van der Waals surface area contributed by atoms with Gasteiger partial charge >= 0.3 is 5.76 Å². The van der Waals surface area contributed by atoms with E-state index in [0.717, 1.165) is 24.0 Å². The van der Waals surface area contributed by atoms with E-state index >= 15 is 0 Å². The number of para-hydroxylation sites is 3. The summed E-state index contributed by atoms with van der Waals surface area (Å²) in [5.41, 5.74) is 2.60. The number of hydrogen-bond acceptors (Lipinski definition) is 4. The van der Waals surface area contributed by atoms with Gasteiger partial charge in [0.1, 0.15) is 6.04 Å². The average Bonchev–Trinajstić information content (AvgIpc) is 3.23. The topological polar surface area (TPSA) is 52.5 Å². The molecule has 0 spiro atoms. The minimum absolute atomic E-state index is 0.271. The predicted molar refractivity (Wildman–Crippen MR) is 103 cm³/mol. The molecule has 1 aliphatic rings. The maximum absolute atomic E-state index is 12.4. The standard InChI is InChI=1S/C20H19N3O2S/c24-20-23(15-8-2-3-10-17(15)25-20)13-22-12-6-5-9-16(22)19-21-14-7-1-4-11-18(14)26-19/h1-4,7-8,10-11,16H,5-6,9,12-13H2/p+1/t16-/m0/s1. The summed E-state index contributed by atoms with van der Waals surface area (Å²) in [5.74, 6) is -0.271. The molecule has 132 valence electrons. The zero-order valence-electron chi connectivity index (χ0n) is 14.4. The van der Waals surface area contributed by atoms with Crippen LogP contribution in [0.4, 0.5) is 0 Å². The van der Waals surface area contributed by atoms with Crippen molar-refractivity contribution in [2.75, 3.05) is 6.54 Å². The SMILES string of the molecule is O=c1oc2ccccc2n1C[NH+]1CCCC[C@H]1c1nc2ccccc2s1. The number of rotatable bonds is 3. The summed E-state index contributed by atoms with van der Waals surface area (Å²) in [7, 11) is 0. The van der Waals surface area contributed by atoms with Gasteiger partial charge in [0.25, 0.3) is 0 Å². The molecule has 1 fully saturated rings. The van der Waals surface area contributed by atoms with Crippen LogP contribution in [0.5, 0.6) is 0 Å². The highest BCUT2D eigenvalue weighted by Gasteiger charge is 2.31. The number of fused-ring (bicyclic) bond motifs is 2. The fraction of sp³-hybridized carbons (Fsp3) is 0.300. The molecule has 1 N–H and O–H groups in total. The van der Waals surface area contributed by atoms with Gasteiger partial charge in [-0.1, -0.05) is 24.3 Å². The van der Waals surface area contributed by atoms with Crippen molar-refractivity contribution in [2.45, 2.75) is 32.0 Å². The Balaban J connectivity index is 1.51. The summed E-state index contributed by atoms with van der Waals surface area (Å²) in [6.45, 7) is 1.67. The maximum Gasteiger partial charge on any atom is 0.424 e. The van der Waals surface area contributed by atoms with Crippen LogP contribution in [-0.4, -0.2) is 16.1 Å². The van der Waals surface area contributed by atoms with Crippen LogP contribution in [0.1, 0.15) is 30.3 Å². The van der Waals surface area contributed by atoms with Gasteiger partial charge in [0.2, 0.25) is 0 Å². The zero-order chi connectivity index (χ0) is 17.5. The molecule has 5 rings (SSSR count). The van der Waals surface area contributed by atoms with Crippen LogP contribution < -0.4 is 10.7 Å². The second-order valence-electron chi connectivity index (χ2n) is 6.90. The first-order valence-corrected chi connectivity index (χ1v) is 9.90. The summed E-state index contributed by atoms with van der Waals surface area (Å²) >= 11 is 1.79. The molecule has 5 nitrogen and oxygen atoms in total. The lowest BCUT2D eigenvalue weighted by Gasteiger charge is -2.31. The molecule has 6 heteroatoms. The quantitative estimate of drug-likeness (QED) is 0.606. The van der Waals surface area contributed by atoms with Crippen molar-refractivity contribution >= 4 is 32.7 Å². The van der Waals surface area contributed by atoms with Gasteiger partial charge in [-0.15, -0.1) is 11.3 Å². The summed E-state index contributed by atoms with van der Waals surface area (Å²) < 4.78 is 8.42. The highest BCUT2D eigenvalue weighted by atomic mass is 32.1. The first-order valence-electron chi connectivity index (χ1n) is 9.08. The minimum Gasteiger partial charge on any atom is -0.408 e. The molecule has 3 heterocycles. The maximum atomic E-state index is 12.4. The third kappa shape index (κ3) is 2.66. The monoisotopic (exact) mass is 366 g/mol. The lowest BCUT2D eigenvalue weighted by Crippen LogP contribution is -3.12. The first-order chi connectivity index (χ1) is 12.8. The Bertz CT molecular complexity index is 1090. The van der Waals surface area contributed by atoms with Crippen LogP contribution >= 0.6 is 11.3 Å². The first kappa shape index (κ1) is 15.8. The molecule has 0 saturated carbocycles. The molecule has 1 aliphatic heterocycles. The van der Waals surface area contributed by atoms with Crippen LogP contribution in [0.15, 0.2) is 57.7 Å². The fourth-order valence-corrected chi connectivity index (χ4v) is 5.13. The molecule has 2 atom stereocenters. The molecule has 0 radical (unpaired) electrons. The summed E-state index contributed by atoms with van der Waals surface area (Å²) in [4.78, 5) is 18.6. The minimum atomic E-state index is -0.271. The smallest absolute Gasteiger partial charge is 0.408 e. The number of nitrogens with one attached hydrogen (secondary N) is 1. The Morgan fingerprint density at radius 3 is 2.92 bits per heavy atom. The van der Waals surface area contributed by atoms with Gasteiger partial charge in [0, 0.05) is 6.42 Å². The summed E-state index contributed by atoms with van der Waals surface area (Å²) in [6, 6.07) is 16.3. The van der Waals surface area contributed by atoms with Crippen molar-refractivity contribution in [1.29, 1.82) is 0 Å². The average molecular weight is 366 g/mol. The lowest BCUT2D eigenvalue weighted by atomic mass is 10.0. The Hall–Kier alpha value is -2.44. The van der Waals surface area contributed by atoms with Crippen molar-refractivity contribution in [3.63, 3.8) is 0 Å². The van der Waals surface area contributed by atoms with Crippen LogP contribution in [-0.2, 0) is 6.67 Å². The van der Waals surface area contributed by atoms with Crippen molar-refractivity contribution in [2.24, 2.45) is 0 Å². The molecule has 1 unspecified atom stereocenters. The number of nitrogens with zero attached hydrogens (tertiary/aromatic N) is 2. The number of benzene rings is 2. The molecule has 26 heavy (non-hydrogen) atoms. The van der Waals surface area contributed by atoms with E-state index in [1.54, 1.807) is 15.9 Å². The Labute approximate surface area is 154 Å². The van der Waals surface area contributed by atoms with Crippen molar-refractivity contribution in [1.82, 2.24) is 9.55 Å². The van der Waals surface area contributed by atoms with Gasteiger partial charge in [0.05, 0.1) is 22.3 Å². The van der Waals surface area contributed by atoms with Gasteiger partial charge in [-0.2, -0.15) is 0 Å². The third-order valence-electron chi connectivity index (χ3n) is 5.28. The second kappa shape index (κ2) is 6.37. The van der Waals surface area contributed by atoms with E-state index in [2.05, 4.69) is 18.2 Å². The second-order valence-corrected chi connectivity index (χ2v) is 7.96. The van der Waals surface area contributed by atoms with Gasteiger partial charge in [-0.05, 0) is 37.1 Å². The molecule has 1 saturated heterocycles. The van der Waals surface area contributed by atoms with Crippen molar-refractivity contribution in [3.05, 3.63) is 64.1 Å². The fourth-order valence-electron chi connectivity index (χ4n) is 3.97. The Morgan fingerprint density at radius 1 is 1.15 bits per heavy atom. The van der Waals surface area contributed by atoms with Crippen LogP contribution in [0, 0.1) is 0 Å². The molecular weight excluding hydrogens is 346 g/mol. The predicted octanol–water partition coefficient (Wildman–Crippen LogP) is 2.97. The van der Waals surface area contributed by atoms with E-state index in [-0.39, 0.29) is 5.76 Å². The molecule has 0 amide bonds. The van der Waals surface area contributed by atoms with E-state index in [0.29, 0.717) is 18.3 Å². The number of quaternary nitrogens is 1. The van der Waals surface area contributed by atoms with Crippen LogP contribution in [0.25, 0.3) is 21.3 Å². The third-order valence-corrected chi connectivity index (χ3v) is 6.43. The molecule has 2 aromatic heterocycles. The number of hydrogen-bond donors (Lipinski definition) is 1. The van der Waals surface area contributed by atoms with Crippen molar-refractivity contribution in [3.8, 4) is 0 Å². The summed E-state index contributed by atoms with van der Waals surface area (Å²) in [6.07, 6.45) is 3.51. The summed E-state index contributed by atoms with van der Waals surface area (Å²) in [5, 5.41) is 1.18. The van der Waals surface area contributed by atoms with Crippen LogP contribution in [0.2, 0.25) is 0 Å².